The van der Waals surface area contributed by atoms with Crippen molar-refractivity contribution >= 4 is 5.91 Å². The maximum Gasteiger partial charge on any atom is 0.265 e. The van der Waals surface area contributed by atoms with Gasteiger partial charge in [-0.2, -0.15) is 0 Å². The lowest BCUT2D eigenvalue weighted by Crippen LogP contribution is -2.36. The number of carbonyl (C=O) groups is 1. The molecule has 0 aromatic carbocycles. The first-order valence-electron chi connectivity index (χ1n) is 4.71. The van der Waals surface area contributed by atoms with Crippen LogP contribution in [0.5, 0.6) is 0 Å². The molecule has 16 heavy (non-hydrogen) atoms. The van der Waals surface area contributed by atoms with Gasteiger partial charge in [0.05, 0.1) is 6.42 Å². The van der Waals surface area contributed by atoms with Crippen molar-refractivity contribution in [1.82, 2.24) is 10.3 Å². The molecule has 1 aromatic heterocycles. The topological polar surface area (TPSA) is 62.2 Å². The largest absolute Gasteiger partial charge is 0.385 e. The summed E-state index contributed by atoms with van der Waals surface area (Å²) >= 11 is 0. The maximum atomic E-state index is 11.9. The van der Waals surface area contributed by atoms with Crippen LogP contribution in [0.2, 0.25) is 0 Å². The summed E-state index contributed by atoms with van der Waals surface area (Å²) in [4.78, 5) is 15.0. The second-order valence-corrected chi connectivity index (χ2v) is 3.24. The highest BCUT2D eigenvalue weighted by Crippen LogP contribution is 2.00. The van der Waals surface area contributed by atoms with E-state index in [1.165, 1.54) is 12.4 Å². The predicted molar refractivity (Wildman–Crippen MR) is 53.0 cm³/mol. The fraction of sp³-hybridized carbons (Fsp3) is 0.400. The molecule has 6 heteroatoms. The summed E-state index contributed by atoms with van der Waals surface area (Å²) < 4.78 is 23.8. The van der Waals surface area contributed by atoms with E-state index in [2.05, 4.69) is 10.3 Å². The number of nitrogens with one attached hydrogen (secondary N) is 1. The molecule has 1 atom stereocenters. The molecule has 0 aliphatic carbocycles. The average molecular weight is 230 g/mol. The van der Waals surface area contributed by atoms with Gasteiger partial charge in [-0.15, -0.1) is 0 Å². The molecular formula is C10H12F2N2O2. The van der Waals surface area contributed by atoms with E-state index < -0.39 is 25.0 Å². The SMILES string of the molecule is O=C(Cc1ccncc1)NCC(O)C(F)F. The number of aliphatic hydroxyl groups is 1. The third kappa shape index (κ3) is 4.31. The minimum Gasteiger partial charge on any atom is -0.385 e. The molecule has 0 aliphatic rings. The highest BCUT2D eigenvalue weighted by molar-refractivity contribution is 5.78. The third-order valence-electron chi connectivity index (χ3n) is 1.91. The number of rotatable bonds is 5. The van der Waals surface area contributed by atoms with Crippen molar-refractivity contribution < 1.29 is 18.7 Å². The smallest absolute Gasteiger partial charge is 0.265 e. The van der Waals surface area contributed by atoms with E-state index in [0.29, 0.717) is 0 Å². The number of halogens is 2. The van der Waals surface area contributed by atoms with Gasteiger partial charge >= 0.3 is 0 Å². The molecule has 0 fully saturated rings. The number of pyridine rings is 1. The summed E-state index contributed by atoms with van der Waals surface area (Å²) in [6.07, 6.45) is -1.51. The Bertz CT molecular complexity index is 333. The molecular weight excluding hydrogens is 218 g/mol. The Balaban J connectivity index is 2.32. The Labute approximate surface area is 91.3 Å². The van der Waals surface area contributed by atoms with E-state index in [9.17, 15) is 13.6 Å². The van der Waals surface area contributed by atoms with E-state index in [-0.39, 0.29) is 6.42 Å². The van der Waals surface area contributed by atoms with Gasteiger partial charge in [0.25, 0.3) is 6.43 Å². The van der Waals surface area contributed by atoms with E-state index in [0.717, 1.165) is 5.56 Å². The van der Waals surface area contributed by atoms with Crippen molar-refractivity contribution in [1.29, 1.82) is 0 Å². The molecule has 1 heterocycles. The fourth-order valence-corrected chi connectivity index (χ4v) is 1.06. The monoisotopic (exact) mass is 230 g/mol. The van der Waals surface area contributed by atoms with Crippen molar-refractivity contribution in [3.63, 3.8) is 0 Å². The number of hydrogen-bond donors (Lipinski definition) is 2. The van der Waals surface area contributed by atoms with Gasteiger partial charge in [-0.1, -0.05) is 0 Å². The molecule has 0 aliphatic heterocycles. The molecule has 88 valence electrons. The van der Waals surface area contributed by atoms with Crippen LogP contribution in [0.15, 0.2) is 24.5 Å². The normalized spacial score (nSPS) is 12.5. The standard InChI is InChI=1S/C10H12F2N2O2/c11-10(12)8(15)6-14-9(16)5-7-1-3-13-4-2-7/h1-4,8,10,15H,5-6H2,(H,14,16). The molecule has 1 aromatic rings. The Morgan fingerprint density at radius 3 is 2.62 bits per heavy atom. The van der Waals surface area contributed by atoms with E-state index in [4.69, 9.17) is 5.11 Å². The minimum atomic E-state index is -2.85. The molecule has 0 bridgehead atoms. The van der Waals surface area contributed by atoms with Gasteiger partial charge in [0.1, 0.15) is 6.10 Å². The Morgan fingerprint density at radius 1 is 1.44 bits per heavy atom. The van der Waals surface area contributed by atoms with Crippen molar-refractivity contribution in [3.8, 4) is 0 Å². The van der Waals surface area contributed by atoms with Crippen LogP contribution < -0.4 is 5.32 Å². The van der Waals surface area contributed by atoms with Crippen molar-refractivity contribution in [3.05, 3.63) is 30.1 Å². The molecule has 1 rings (SSSR count). The van der Waals surface area contributed by atoms with Crippen molar-refractivity contribution in [2.75, 3.05) is 6.54 Å². The van der Waals surface area contributed by atoms with E-state index >= 15 is 0 Å². The van der Waals surface area contributed by atoms with Crippen LogP contribution in [0.4, 0.5) is 8.78 Å². The number of hydrogen-bond acceptors (Lipinski definition) is 3. The molecule has 0 spiro atoms. The van der Waals surface area contributed by atoms with Gasteiger partial charge in [-0.05, 0) is 17.7 Å². The van der Waals surface area contributed by atoms with Crippen LogP contribution in [-0.2, 0) is 11.2 Å². The Morgan fingerprint density at radius 2 is 2.06 bits per heavy atom. The lowest BCUT2D eigenvalue weighted by Gasteiger charge is -2.10. The van der Waals surface area contributed by atoms with Gasteiger partial charge in [-0.3, -0.25) is 9.78 Å². The fourth-order valence-electron chi connectivity index (χ4n) is 1.06. The van der Waals surface area contributed by atoms with Crippen LogP contribution in [0, 0.1) is 0 Å². The number of nitrogens with zero attached hydrogens (tertiary/aromatic N) is 1. The molecule has 0 saturated heterocycles. The minimum absolute atomic E-state index is 0.0818. The number of aromatic nitrogens is 1. The zero-order chi connectivity index (χ0) is 12.0. The van der Waals surface area contributed by atoms with Crippen LogP contribution in [0.1, 0.15) is 5.56 Å². The molecule has 1 unspecified atom stereocenters. The zero-order valence-electron chi connectivity index (χ0n) is 8.44. The first-order valence-corrected chi connectivity index (χ1v) is 4.71. The summed E-state index contributed by atoms with van der Waals surface area (Å²) in [6.45, 7) is -0.443. The first-order chi connectivity index (χ1) is 7.59. The molecule has 2 N–H and O–H groups in total. The highest BCUT2D eigenvalue weighted by atomic mass is 19.3. The molecule has 1 amide bonds. The lowest BCUT2D eigenvalue weighted by molar-refractivity contribution is -0.121. The number of alkyl halides is 2. The summed E-state index contributed by atoms with van der Waals surface area (Å²) in [6, 6.07) is 3.31. The maximum absolute atomic E-state index is 11.9. The first kappa shape index (κ1) is 12.5. The molecule has 4 nitrogen and oxygen atoms in total. The summed E-state index contributed by atoms with van der Waals surface area (Å²) in [5, 5.41) is 11.0. The van der Waals surface area contributed by atoms with Gasteiger partial charge in [0.2, 0.25) is 5.91 Å². The van der Waals surface area contributed by atoms with Gasteiger partial charge in [0, 0.05) is 18.9 Å². The Kier molecular flexibility index (Phi) is 4.78. The quantitative estimate of drug-likeness (QED) is 0.768. The zero-order valence-corrected chi connectivity index (χ0v) is 8.44. The van der Waals surface area contributed by atoms with Crippen molar-refractivity contribution in [2.24, 2.45) is 0 Å². The molecule has 0 radical (unpaired) electrons. The summed E-state index contributed by atoms with van der Waals surface area (Å²) in [5.41, 5.74) is 0.735. The second-order valence-electron chi connectivity index (χ2n) is 3.24. The predicted octanol–water partition coefficient (Wildman–Crippen LogP) is 0.366. The van der Waals surface area contributed by atoms with Crippen LogP contribution >= 0.6 is 0 Å². The van der Waals surface area contributed by atoms with Gasteiger partial charge < -0.3 is 10.4 Å². The van der Waals surface area contributed by atoms with Crippen LogP contribution in [0.25, 0.3) is 0 Å². The third-order valence-corrected chi connectivity index (χ3v) is 1.91. The lowest BCUT2D eigenvalue weighted by atomic mass is 10.2. The van der Waals surface area contributed by atoms with E-state index in [1.807, 2.05) is 0 Å². The Hall–Kier alpha value is -1.56. The molecule has 0 saturated carbocycles. The van der Waals surface area contributed by atoms with Crippen LogP contribution in [-0.4, -0.2) is 35.1 Å². The highest BCUT2D eigenvalue weighted by Gasteiger charge is 2.17. The van der Waals surface area contributed by atoms with Crippen molar-refractivity contribution in [2.45, 2.75) is 19.0 Å². The van der Waals surface area contributed by atoms with Gasteiger partial charge in [-0.25, -0.2) is 8.78 Å². The number of carbonyl (C=O) groups excluding carboxylic acids is 1. The van der Waals surface area contributed by atoms with Gasteiger partial charge in [0.15, 0.2) is 0 Å². The van der Waals surface area contributed by atoms with E-state index in [1.54, 1.807) is 12.1 Å². The average Bonchev–Trinajstić information content (AvgIpc) is 2.27. The summed E-state index contributed by atoms with van der Waals surface area (Å²) in [7, 11) is 0. The second kappa shape index (κ2) is 6.12. The van der Waals surface area contributed by atoms with Crippen LogP contribution in [0.3, 0.4) is 0 Å². The number of aliphatic hydroxyl groups excluding tert-OH is 1. The summed E-state index contributed by atoms with van der Waals surface area (Å²) in [5.74, 6) is -0.411. The number of amides is 1.